The second-order valence-electron chi connectivity index (χ2n) is 3.51. The minimum atomic E-state index is -0.565. The first-order valence-corrected chi connectivity index (χ1v) is 5.03. The lowest BCUT2D eigenvalue weighted by molar-refractivity contribution is -0.201. The third kappa shape index (κ3) is 3.69. The van der Waals surface area contributed by atoms with Crippen LogP contribution in [0.3, 0.4) is 0 Å². The summed E-state index contributed by atoms with van der Waals surface area (Å²) in [6, 6.07) is -0.316. The van der Waals surface area contributed by atoms with Gasteiger partial charge in [-0.25, -0.2) is 0 Å². The molecular weight excluding hydrogens is 214 g/mol. The summed E-state index contributed by atoms with van der Waals surface area (Å²) >= 11 is 0. The molecule has 1 rings (SSSR count). The van der Waals surface area contributed by atoms with Crippen LogP contribution in [-0.2, 0) is 19.0 Å². The van der Waals surface area contributed by atoms with Crippen molar-refractivity contribution in [3.63, 3.8) is 0 Å². The minimum Gasteiger partial charge on any atom is -0.463 e. The molecule has 1 fully saturated rings. The van der Waals surface area contributed by atoms with E-state index in [0.29, 0.717) is 12.8 Å². The van der Waals surface area contributed by atoms with Gasteiger partial charge in [0.05, 0.1) is 12.1 Å². The molecule has 0 saturated carbocycles. The van der Waals surface area contributed by atoms with Gasteiger partial charge in [0.1, 0.15) is 6.61 Å². The number of hydrogen-bond acceptors (Lipinski definition) is 5. The monoisotopic (exact) mass is 229 g/mol. The van der Waals surface area contributed by atoms with Crippen molar-refractivity contribution in [3.05, 3.63) is 10.4 Å². The number of hydrogen-bond donors (Lipinski definition) is 0. The number of esters is 1. The summed E-state index contributed by atoms with van der Waals surface area (Å²) in [7, 11) is 1.48. The highest BCUT2D eigenvalue weighted by atomic mass is 16.7. The van der Waals surface area contributed by atoms with E-state index in [9.17, 15) is 4.79 Å². The van der Waals surface area contributed by atoms with Crippen LogP contribution < -0.4 is 0 Å². The van der Waals surface area contributed by atoms with E-state index < -0.39 is 6.29 Å². The molecule has 1 saturated heterocycles. The van der Waals surface area contributed by atoms with Crippen molar-refractivity contribution in [1.82, 2.24) is 0 Å². The maximum Gasteiger partial charge on any atom is 0.302 e. The Bertz CT molecular complexity index is 290. The topological polar surface area (TPSA) is 93.5 Å². The van der Waals surface area contributed by atoms with Crippen molar-refractivity contribution < 1.29 is 19.0 Å². The molecule has 3 atom stereocenters. The van der Waals surface area contributed by atoms with Gasteiger partial charge in [-0.05, 0) is 18.4 Å². The van der Waals surface area contributed by atoms with Gasteiger partial charge < -0.3 is 14.2 Å². The van der Waals surface area contributed by atoms with Crippen LogP contribution in [0.5, 0.6) is 0 Å². The summed E-state index contributed by atoms with van der Waals surface area (Å²) in [5.41, 5.74) is 8.35. The molecule has 7 heteroatoms. The lowest BCUT2D eigenvalue weighted by Crippen LogP contribution is -2.40. The molecule has 90 valence electrons. The van der Waals surface area contributed by atoms with Gasteiger partial charge in [0.15, 0.2) is 6.29 Å². The zero-order valence-corrected chi connectivity index (χ0v) is 9.33. The van der Waals surface area contributed by atoms with E-state index in [-0.39, 0.29) is 24.7 Å². The summed E-state index contributed by atoms with van der Waals surface area (Å²) in [5, 5.41) is 3.59. The summed E-state index contributed by atoms with van der Waals surface area (Å²) in [6.45, 7) is 1.55. The molecule has 7 nitrogen and oxygen atoms in total. The van der Waals surface area contributed by atoms with Gasteiger partial charge in [-0.2, -0.15) is 0 Å². The maximum absolute atomic E-state index is 10.6. The number of ether oxygens (including phenoxy) is 3. The zero-order valence-electron chi connectivity index (χ0n) is 9.33. The van der Waals surface area contributed by atoms with E-state index in [4.69, 9.17) is 19.7 Å². The Labute approximate surface area is 93.3 Å². The quantitative estimate of drug-likeness (QED) is 0.315. The lowest BCUT2D eigenvalue weighted by atomic mass is 10.0. The summed E-state index contributed by atoms with van der Waals surface area (Å²) in [4.78, 5) is 13.4. The molecule has 1 heterocycles. The number of methoxy groups -OCH3 is 1. The molecule has 0 bridgehead atoms. The molecule has 0 unspecified atom stereocenters. The first-order chi connectivity index (χ1) is 7.67. The Morgan fingerprint density at radius 3 is 2.94 bits per heavy atom. The average Bonchev–Trinajstić information content (AvgIpc) is 2.28. The van der Waals surface area contributed by atoms with Gasteiger partial charge in [0.25, 0.3) is 0 Å². The SMILES string of the molecule is CO[C@@H]1O[C@H](COC(C)=O)CC[C@H]1N=[N+]=[N-]. The second kappa shape index (κ2) is 6.32. The lowest BCUT2D eigenvalue weighted by Gasteiger charge is -2.32. The molecule has 16 heavy (non-hydrogen) atoms. The molecule has 0 radical (unpaired) electrons. The van der Waals surface area contributed by atoms with Crippen molar-refractivity contribution in [2.24, 2.45) is 5.11 Å². The molecule has 1 aliphatic rings. The molecule has 0 aliphatic carbocycles. The molecule has 1 aliphatic heterocycles. The van der Waals surface area contributed by atoms with E-state index in [1.54, 1.807) is 0 Å². The van der Waals surface area contributed by atoms with Crippen LogP contribution in [0, 0.1) is 0 Å². The Morgan fingerprint density at radius 1 is 1.62 bits per heavy atom. The maximum atomic E-state index is 10.6. The normalized spacial score (nSPS) is 29.2. The van der Waals surface area contributed by atoms with Crippen LogP contribution >= 0.6 is 0 Å². The molecule has 0 N–H and O–H groups in total. The Kier molecular flexibility index (Phi) is 5.04. The predicted molar refractivity (Wildman–Crippen MR) is 54.5 cm³/mol. The van der Waals surface area contributed by atoms with E-state index in [2.05, 4.69) is 10.0 Å². The van der Waals surface area contributed by atoms with Crippen molar-refractivity contribution in [1.29, 1.82) is 0 Å². The number of carbonyl (C=O) groups is 1. The standard InChI is InChI=1S/C9H15N3O4/c1-6(13)15-5-7-3-4-8(11-12-10)9(14-2)16-7/h7-9H,3-5H2,1-2H3/t7-,8+,9+/m0/s1. The summed E-state index contributed by atoms with van der Waals surface area (Å²) in [6.07, 6.45) is 0.579. The molecule has 0 amide bonds. The fourth-order valence-electron chi connectivity index (χ4n) is 1.57. The van der Waals surface area contributed by atoms with Gasteiger partial charge in [0, 0.05) is 18.9 Å². The van der Waals surface area contributed by atoms with Gasteiger partial charge >= 0.3 is 5.97 Å². The van der Waals surface area contributed by atoms with Crippen LogP contribution in [0.15, 0.2) is 5.11 Å². The van der Waals surface area contributed by atoms with Crippen molar-refractivity contribution in [2.75, 3.05) is 13.7 Å². The molecule has 0 aromatic heterocycles. The van der Waals surface area contributed by atoms with Gasteiger partial charge in [0.2, 0.25) is 0 Å². The van der Waals surface area contributed by atoms with Crippen LogP contribution in [0.2, 0.25) is 0 Å². The van der Waals surface area contributed by atoms with Crippen LogP contribution in [-0.4, -0.2) is 38.1 Å². The van der Waals surface area contributed by atoms with E-state index >= 15 is 0 Å². The number of azide groups is 1. The third-order valence-electron chi connectivity index (χ3n) is 2.33. The van der Waals surface area contributed by atoms with E-state index in [0.717, 1.165) is 0 Å². The number of nitrogens with zero attached hydrogens (tertiary/aromatic N) is 3. The average molecular weight is 229 g/mol. The van der Waals surface area contributed by atoms with Crippen molar-refractivity contribution in [3.8, 4) is 0 Å². The van der Waals surface area contributed by atoms with Gasteiger partial charge in [-0.3, -0.25) is 4.79 Å². The Balaban J connectivity index is 2.45. The number of rotatable bonds is 4. The largest absolute Gasteiger partial charge is 0.463 e. The second-order valence-corrected chi connectivity index (χ2v) is 3.51. The molecule has 0 aromatic carbocycles. The molecule has 0 aromatic rings. The van der Waals surface area contributed by atoms with Crippen molar-refractivity contribution >= 4 is 5.97 Å². The first kappa shape index (κ1) is 12.8. The zero-order chi connectivity index (χ0) is 12.0. The smallest absolute Gasteiger partial charge is 0.302 e. The predicted octanol–water partition coefficient (Wildman–Crippen LogP) is 1.38. The highest BCUT2D eigenvalue weighted by Gasteiger charge is 2.31. The van der Waals surface area contributed by atoms with Crippen LogP contribution in [0.4, 0.5) is 0 Å². The molecule has 0 spiro atoms. The summed E-state index contributed by atoms with van der Waals surface area (Å²) in [5.74, 6) is -0.338. The highest BCUT2D eigenvalue weighted by molar-refractivity contribution is 5.65. The Morgan fingerprint density at radius 2 is 2.38 bits per heavy atom. The highest BCUT2D eigenvalue weighted by Crippen LogP contribution is 2.23. The van der Waals surface area contributed by atoms with Gasteiger partial charge in [-0.15, -0.1) is 0 Å². The summed E-state index contributed by atoms with van der Waals surface area (Å²) < 4.78 is 15.4. The first-order valence-electron chi connectivity index (χ1n) is 5.03. The molecular formula is C9H15N3O4. The fourth-order valence-corrected chi connectivity index (χ4v) is 1.57. The number of carbonyl (C=O) groups excluding carboxylic acids is 1. The Hall–Kier alpha value is -1.30. The van der Waals surface area contributed by atoms with Crippen molar-refractivity contribution in [2.45, 2.75) is 38.2 Å². The fraction of sp³-hybridized carbons (Fsp3) is 0.889. The van der Waals surface area contributed by atoms with Crippen LogP contribution in [0.25, 0.3) is 10.4 Å². The van der Waals surface area contributed by atoms with E-state index in [1.807, 2.05) is 0 Å². The third-order valence-corrected chi connectivity index (χ3v) is 2.33. The van der Waals surface area contributed by atoms with Gasteiger partial charge in [-0.1, -0.05) is 5.11 Å². The van der Waals surface area contributed by atoms with Crippen LogP contribution in [0.1, 0.15) is 19.8 Å². The minimum absolute atomic E-state index is 0.195. The van der Waals surface area contributed by atoms with E-state index in [1.165, 1.54) is 14.0 Å².